The van der Waals surface area contributed by atoms with E-state index in [1.165, 1.54) is 6.20 Å². The Bertz CT molecular complexity index is 354. The van der Waals surface area contributed by atoms with E-state index in [2.05, 4.69) is 21.3 Å². The Labute approximate surface area is 79.2 Å². The molecule has 0 atom stereocenters. The van der Waals surface area contributed by atoms with Gasteiger partial charge in [-0.2, -0.15) is 4.98 Å². The summed E-state index contributed by atoms with van der Waals surface area (Å²) in [6, 6.07) is 0. The highest BCUT2D eigenvalue weighted by atomic mass is 35.5. The smallest absolute Gasteiger partial charge is 0.335 e. The second-order valence-electron chi connectivity index (χ2n) is 2.01. The summed E-state index contributed by atoms with van der Waals surface area (Å²) in [4.78, 5) is 17.9. The van der Waals surface area contributed by atoms with Crippen LogP contribution in [0.2, 0.25) is 5.28 Å². The lowest BCUT2D eigenvalue weighted by Crippen LogP contribution is -2.06. The van der Waals surface area contributed by atoms with Crippen molar-refractivity contribution in [3.63, 3.8) is 0 Å². The second kappa shape index (κ2) is 3.86. The van der Waals surface area contributed by atoms with E-state index in [4.69, 9.17) is 17.3 Å². The third-order valence-electron chi connectivity index (χ3n) is 1.13. The summed E-state index contributed by atoms with van der Waals surface area (Å²) in [5.74, 6) is -0.554. The summed E-state index contributed by atoms with van der Waals surface area (Å²) in [7, 11) is 0. The highest BCUT2D eigenvalue weighted by Gasteiger charge is 2.06. The Morgan fingerprint density at radius 3 is 3.00 bits per heavy atom. The first-order chi connectivity index (χ1) is 6.13. The summed E-state index contributed by atoms with van der Waals surface area (Å²) in [5.41, 5.74) is 5.38. The average Bonchev–Trinajstić information content (AvgIpc) is 2.09. The molecule has 68 valence electrons. The molecule has 13 heavy (non-hydrogen) atoms. The molecule has 6 heteroatoms. The lowest BCUT2D eigenvalue weighted by molar-refractivity contribution is -0.128. The molecule has 1 aromatic rings. The first-order valence-electron chi connectivity index (χ1n) is 3.25. The molecule has 0 aliphatic rings. The van der Waals surface area contributed by atoms with Crippen molar-refractivity contribution in [3.8, 4) is 5.75 Å². The first kappa shape index (κ1) is 9.47. The third kappa shape index (κ3) is 2.41. The van der Waals surface area contributed by atoms with Gasteiger partial charge in [-0.25, -0.2) is 9.78 Å². The van der Waals surface area contributed by atoms with E-state index in [0.717, 1.165) is 6.08 Å². The molecule has 0 aromatic carbocycles. The van der Waals surface area contributed by atoms with Crippen LogP contribution >= 0.6 is 11.6 Å². The number of hydrogen-bond donors (Lipinski definition) is 1. The Morgan fingerprint density at radius 1 is 1.77 bits per heavy atom. The van der Waals surface area contributed by atoms with Crippen molar-refractivity contribution in [2.24, 2.45) is 0 Å². The number of rotatable bonds is 2. The van der Waals surface area contributed by atoms with Gasteiger partial charge in [-0.1, -0.05) is 6.58 Å². The maximum absolute atomic E-state index is 10.7. The predicted octanol–water partition coefficient (Wildman–Crippen LogP) is 0.804. The summed E-state index contributed by atoms with van der Waals surface area (Å²) in [6.07, 6.45) is 2.22. The molecule has 5 nitrogen and oxygen atoms in total. The number of nitrogens with zero attached hydrogens (tertiary/aromatic N) is 2. The third-order valence-corrected chi connectivity index (χ3v) is 1.31. The zero-order valence-electron chi connectivity index (χ0n) is 6.53. The highest BCUT2D eigenvalue weighted by molar-refractivity contribution is 6.28. The minimum Gasteiger partial charge on any atom is -0.418 e. The number of anilines is 1. The maximum atomic E-state index is 10.7. The number of carbonyl (C=O) groups excluding carboxylic acids is 1. The minimum absolute atomic E-state index is 0.00379. The molecule has 0 saturated heterocycles. The lowest BCUT2D eigenvalue weighted by atomic mass is 10.5. The van der Waals surface area contributed by atoms with Crippen molar-refractivity contribution in [1.82, 2.24) is 9.97 Å². The van der Waals surface area contributed by atoms with Gasteiger partial charge in [0.15, 0.2) is 11.6 Å². The number of ether oxygens (including phenoxy) is 1. The van der Waals surface area contributed by atoms with Crippen LogP contribution < -0.4 is 10.5 Å². The van der Waals surface area contributed by atoms with E-state index in [0.29, 0.717) is 0 Å². The van der Waals surface area contributed by atoms with Gasteiger partial charge in [0.2, 0.25) is 5.28 Å². The SMILES string of the molecule is C=CC(=O)Oc1cnc(Cl)nc1N. The zero-order valence-corrected chi connectivity index (χ0v) is 7.28. The molecule has 2 N–H and O–H groups in total. The van der Waals surface area contributed by atoms with E-state index in [9.17, 15) is 4.79 Å². The van der Waals surface area contributed by atoms with Crippen molar-refractivity contribution in [1.29, 1.82) is 0 Å². The van der Waals surface area contributed by atoms with Crippen molar-refractivity contribution in [3.05, 3.63) is 24.1 Å². The highest BCUT2D eigenvalue weighted by Crippen LogP contribution is 2.18. The van der Waals surface area contributed by atoms with Crippen LogP contribution in [-0.2, 0) is 4.79 Å². The largest absolute Gasteiger partial charge is 0.418 e. The van der Waals surface area contributed by atoms with Crippen LogP contribution in [0.25, 0.3) is 0 Å². The number of nitrogens with two attached hydrogens (primary N) is 1. The molecule has 0 saturated carbocycles. The number of nitrogen functional groups attached to an aromatic ring is 1. The quantitative estimate of drug-likeness (QED) is 0.433. The van der Waals surface area contributed by atoms with Gasteiger partial charge in [0.05, 0.1) is 6.20 Å². The van der Waals surface area contributed by atoms with Crippen molar-refractivity contribution in [2.75, 3.05) is 5.73 Å². The van der Waals surface area contributed by atoms with E-state index < -0.39 is 5.97 Å². The monoisotopic (exact) mass is 199 g/mol. The Morgan fingerprint density at radius 2 is 2.46 bits per heavy atom. The summed E-state index contributed by atoms with van der Waals surface area (Å²) in [5, 5.41) is -0.00379. The Balaban J connectivity index is 2.89. The van der Waals surface area contributed by atoms with E-state index in [1.54, 1.807) is 0 Å². The molecule has 0 aliphatic heterocycles. The van der Waals surface area contributed by atoms with Gasteiger partial charge in [-0.3, -0.25) is 0 Å². The normalized spacial score (nSPS) is 9.31. The molecule has 1 rings (SSSR count). The van der Waals surface area contributed by atoms with Gasteiger partial charge in [0.25, 0.3) is 0 Å². The van der Waals surface area contributed by atoms with Crippen molar-refractivity contribution < 1.29 is 9.53 Å². The molecule has 0 radical (unpaired) electrons. The number of halogens is 1. The van der Waals surface area contributed by atoms with E-state index >= 15 is 0 Å². The molecule has 0 unspecified atom stereocenters. The van der Waals surface area contributed by atoms with Gasteiger partial charge >= 0.3 is 5.97 Å². The van der Waals surface area contributed by atoms with Gasteiger partial charge in [-0.05, 0) is 11.6 Å². The average molecular weight is 200 g/mol. The van der Waals surface area contributed by atoms with Crippen LogP contribution in [0.4, 0.5) is 5.82 Å². The molecule has 0 amide bonds. The van der Waals surface area contributed by atoms with Gasteiger partial charge in [0.1, 0.15) is 0 Å². The van der Waals surface area contributed by atoms with Crippen LogP contribution in [0, 0.1) is 0 Å². The molecule has 1 aromatic heterocycles. The maximum Gasteiger partial charge on any atom is 0.335 e. The second-order valence-corrected chi connectivity index (χ2v) is 2.35. The molecule has 0 bridgehead atoms. The summed E-state index contributed by atoms with van der Waals surface area (Å²) < 4.78 is 4.68. The van der Waals surface area contributed by atoms with Crippen LogP contribution in [0.15, 0.2) is 18.9 Å². The van der Waals surface area contributed by atoms with Crippen LogP contribution in [0.1, 0.15) is 0 Å². The van der Waals surface area contributed by atoms with Gasteiger partial charge < -0.3 is 10.5 Å². The lowest BCUT2D eigenvalue weighted by Gasteiger charge is -2.02. The van der Waals surface area contributed by atoms with Gasteiger partial charge in [0, 0.05) is 6.08 Å². The fourth-order valence-electron chi connectivity index (χ4n) is 0.590. The zero-order chi connectivity index (χ0) is 9.84. The minimum atomic E-state index is -0.627. The standard InChI is InChI=1S/C7H6ClN3O2/c1-2-5(12)13-4-3-10-7(8)11-6(4)9/h2-3H,1H2,(H2,9,10,11). The number of hydrogen-bond acceptors (Lipinski definition) is 5. The first-order valence-corrected chi connectivity index (χ1v) is 3.63. The number of aromatic nitrogens is 2. The van der Waals surface area contributed by atoms with Crippen LogP contribution in [0.5, 0.6) is 5.75 Å². The number of esters is 1. The Hall–Kier alpha value is -1.62. The van der Waals surface area contributed by atoms with Crippen molar-refractivity contribution >= 4 is 23.4 Å². The number of carbonyl (C=O) groups is 1. The molecule has 1 heterocycles. The summed E-state index contributed by atoms with van der Waals surface area (Å²) in [6.45, 7) is 3.22. The molecule has 0 fully saturated rings. The molecular weight excluding hydrogens is 194 g/mol. The van der Waals surface area contributed by atoms with Crippen LogP contribution in [-0.4, -0.2) is 15.9 Å². The van der Waals surface area contributed by atoms with Crippen molar-refractivity contribution in [2.45, 2.75) is 0 Å². The molecule has 0 spiro atoms. The molecule has 0 aliphatic carbocycles. The molecular formula is C7H6ClN3O2. The predicted molar refractivity (Wildman–Crippen MR) is 47.3 cm³/mol. The van der Waals surface area contributed by atoms with Gasteiger partial charge in [-0.15, -0.1) is 0 Å². The summed E-state index contributed by atoms with van der Waals surface area (Å²) >= 11 is 5.42. The Kier molecular flexibility index (Phi) is 2.81. The van der Waals surface area contributed by atoms with E-state index in [-0.39, 0.29) is 16.9 Å². The van der Waals surface area contributed by atoms with E-state index in [1.807, 2.05) is 0 Å². The topological polar surface area (TPSA) is 78.1 Å². The fraction of sp³-hybridized carbons (Fsp3) is 0. The fourth-order valence-corrected chi connectivity index (χ4v) is 0.730. The van der Waals surface area contributed by atoms with Crippen LogP contribution in [0.3, 0.4) is 0 Å².